The van der Waals surface area contributed by atoms with E-state index in [4.69, 9.17) is 5.73 Å². The Kier molecular flexibility index (Phi) is 2.60. The van der Waals surface area contributed by atoms with Crippen molar-refractivity contribution in [1.29, 1.82) is 0 Å². The summed E-state index contributed by atoms with van der Waals surface area (Å²) in [5, 5.41) is 3.51. The van der Waals surface area contributed by atoms with Crippen molar-refractivity contribution in [1.82, 2.24) is 4.98 Å². The fraction of sp³-hybridized carbons (Fsp3) is 0.286. The summed E-state index contributed by atoms with van der Waals surface area (Å²) in [4.78, 5) is 17.2. The van der Waals surface area contributed by atoms with Crippen molar-refractivity contribution < 1.29 is 4.79 Å². The summed E-state index contributed by atoms with van der Waals surface area (Å²) in [6, 6.07) is 4.10. The molecule has 0 fully saturated rings. The lowest BCUT2D eigenvalue weighted by Gasteiger charge is -2.08. The van der Waals surface area contributed by atoms with Gasteiger partial charge in [0.05, 0.1) is 11.6 Å². The number of carbonyl (C=O) groups excluding carboxylic acids is 1. The summed E-state index contributed by atoms with van der Waals surface area (Å²) in [6.07, 6.45) is 0. The number of benzene rings is 1. The van der Waals surface area contributed by atoms with E-state index in [0.717, 1.165) is 32.9 Å². The highest BCUT2D eigenvalue weighted by Gasteiger charge is 2.28. The van der Waals surface area contributed by atoms with Crippen molar-refractivity contribution in [2.45, 2.75) is 26.7 Å². The monoisotopic (exact) mass is 273 g/mol. The highest BCUT2D eigenvalue weighted by Crippen LogP contribution is 2.39. The Morgan fingerprint density at radius 3 is 2.74 bits per heavy atom. The molecule has 5 heteroatoms. The van der Waals surface area contributed by atoms with Gasteiger partial charge >= 0.3 is 0 Å². The average Bonchev–Trinajstić information content (AvgIpc) is 2.82. The number of nitrogen functional groups attached to an aromatic ring is 1. The lowest BCUT2D eigenvalue weighted by atomic mass is 9.96. The Morgan fingerprint density at radius 2 is 2.11 bits per heavy atom. The Balaban J connectivity index is 2.19. The first kappa shape index (κ1) is 12.2. The van der Waals surface area contributed by atoms with Crippen molar-refractivity contribution in [3.63, 3.8) is 0 Å². The largest absolute Gasteiger partial charge is 0.375 e. The molecule has 1 amide bonds. The molecule has 1 unspecified atom stereocenters. The normalized spacial score (nSPS) is 17.4. The number of hydrogen-bond donors (Lipinski definition) is 2. The minimum atomic E-state index is -0.107. The van der Waals surface area contributed by atoms with E-state index in [1.54, 1.807) is 0 Å². The molecule has 3 N–H and O–H groups in total. The molecule has 1 atom stereocenters. The Morgan fingerprint density at radius 1 is 1.37 bits per heavy atom. The first-order chi connectivity index (χ1) is 8.97. The zero-order chi connectivity index (χ0) is 13.7. The smallest absolute Gasteiger partial charge is 0.231 e. The fourth-order valence-corrected chi connectivity index (χ4v) is 3.23. The molecule has 1 aliphatic heterocycles. The summed E-state index contributed by atoms with van der Waals surface area (Å²) in [5.41, 5.74) is 10.8. The van der Waals surface area contributed by atoms with E-state index < -0.39 is 0 Å². The maximum atomic E-state index is 11.8. The Hall–Kier alpha value is -1.88. The number of fused-ring (bicyclic) bond motifs is 1. The van der Waals surface area contributed by atoms with Gasteiger partial charge in [0.25, 0.3) is 0 Å². The van der Waals surface area contributed by atoms with Crippen molar-refractivity contribution in [2.75, 3.05) is 11.1 Å². The molecule has 1 aromatic carbocycles. The molecular weight excluding hydrogens is 258 g/mol. The number of nitrogens with zero attached hydrogens (tertiary/aromatic N) is 1. The first-order valence-corrected chi connectivity index (χ1v) is 6.97. The van der Waals surface area contributed by atoms with Gasteiger partial charge in [-0.15, -0.1) is 11.3 Å². The maximum absolute atomic E-state index is 11.8. The zero-order valence-corrected chi connectivity index (χ0v) is 11.9. The molecule has 0 saturated heterocycles. The van der Waals surface area contributed by atoms with Gasteiger partial charge in [0, 0.05) is 16.1 Å². The van der Waals surface area contributed by atoms with Crippen LogP contribution >= 0.6 is 11.3 Å². The van der Waals surface area contributed by atoms with Gasteiger partial charge < -0.3 is 11.1 Å². The average molecular weight is 273 g/mol. The Labute approximate surface area is 115 Å². The van der Waals surface area contributed by atoms with Crippen LogP contribution < -0.4 is 11.1 Å². The fourth-order valence-electron chi connectivity index (χ4n) is 2.52. The highest BCUT2D eigenvalue weighted by atomic mass is 32.1. The molecular formula is C14H15N3OS. The number of aryl methyl sites for hydroxylation is 2. The third-order valence-corrected chi connectivity index (χ3v) is 4.36. The minimum absolute atomic E-state index is 0.0600. The van der Waals surface area contributed by atoms with E-state index in [-0.39, 0.29) is 11.8 Å². The first-order valence-electron chi connectivity index (χ1n) is 6.16. The molecule has 3 rings (SSSR count). The lowest BCUT2D eigenvalue weighted by molar-refractivity contribution is -0.116. The van der Waals surface area contributed by atoms with Crippen LogP contribution in [-0.4, -0.2) is 10.9 Å². The van der Waals surface area contributed by atoms with Gasteiger partial charge in [-0.05, 0) is 44.0 Å². The van der Waals surface area contributed by atoms with E-state index in [9.17, 15) is 4.79 Å². The maximum Gasteiger partial charge on any atom is 0.231 e. The molecule has 0 saturated carbocycles. The van der Waals surface area contributed by atoms with Crippen LogP contribution in [0.15, 0.2) is 12.1 Å². The van der Waals surface area contributed by atoms with Gasteiger partial charge in [-0.25, -0.2) is 4.98 Å². The number of aromatic nitrogens is 1. The second-order valence-corrected chi connectivity index (χ2v) is 6.16. The van der Waals surface area contributed by atoms with E-state index in [2.05, 4.69) is 16.4 Å². The van der Waals surface area contributed by atoms with Crippen molar-refractivity contribution in [3.8, 4) is 11.3 Å². The van der Waals surface area contributed by atoms with Crippen LogP contribution in [0, 0.1) is 13.8 Å². The standard InChI is InChI=1S/C14H15N3OS/c1-6-4-9(12-8(3)19-14(15)17-12)5-10-7(2)13(18)16-11(6)10/h4-5,7H,1-3H3,(H2,15,17)(H,16,18). The number of rotatable bonds is 1. The minimum Gasteiger partial charge on any atom is -0.375 e. The van der Waals surface area contributed by atoms with E-state index in [1.165, 1.54) is 11.3 Å². The molecule has 2 heterocycles. The molecule has 0 spiro atoms. The number of nitrogens with two attached hydrogens (primary N) is 1. The number of hydrogen-bond acceptors (Lipinski definition) is 4. The highest BCUT2D eigenvalue weighted by molar-refractivity contribution is 7.15. The number of thiazole rings is 1. The Bertz CT molecular complexity index is 690. The molecule has 4 nitrogen and oxygen atoms in total. The molecule has 2 aromatic rings. The third kappa shape index (κ3) is 1.81. The molecule has 98 valence electrons. The summed E-state index contributed by atoms with van der Waals surface area (Å²) >= 11 is 1.49. The van der Waals surface area contributed by atoms with Crippen molar-refractivity contribution in [3.05, 3.63) is 28.1 Å². The second-order valence-electron chi connectivity index (χ2n) is 4.93. The van der Waals surface area contributed by atoms with Gasteiger partial charge in [0.1, 0.15) is 0 Å². The molecule has 0 radical (unpaired) electrons. The third-order valence-electron chi connectivity index (χ3n) is 3.56. The van der Waals surface area contributed by atoms with Crippen LogP contribution in [0.5, 0.6) is 0 Å². The molecule has 19 heavy (non-hydrogen) atoms. The molecule has 0 bridgehead atoms. The van der Waals surface area contributed by atoms with Gasteiger partial charge in [-0.2, -0.15) is 0 Å². The van der Waals surface area contributed by atoms with E-state index in [1.807, 2.05) is 26.8 Å². The van der Waals surface area contributed by atoms with Gasteiger partial charge in [-0.1, -0.05) is 0 Å². The second kappa shape index (κ2) is 4.06. The van der Waals surface area contributed by atoms with Crippen molar-refractivity contribution in [2.24, 2.45) is 0 Å². The van der Waals surface area contributed by atoms with Gasteiger partial charge in [0.15, 0.2) is 5.13 Å². The molecule has 0 aliphatic carbocycles. The van der Waals surface area contributed by atoms with Gasteiger partial charge in [0.2, 0.25) is 5.91 Å². The van der Waals surface area contributed by atoms with Crippen LogP contribution in [0.1, 0.15) is 28.8 Å². The van der Waals surface area contributed by atoms with E-state index in [0.29, 0.717) is 5.13 Å². The lowest BCUT2D eigenvalue weighted by Crippen LogP contribution is -2.08. The molecule has 1 aromatic heterocycles. The number of amides is 1. The quantitative estimate of drug-likeness (QED) is 0.839. The summed E-state index contributed by atoms with van der Waals surface area (Å²) < 4.78 is 0. The van der Waals surface area contributed by atoms with Crippen LogP contribution in [0.4, 0.5) is 10.8 Å². The summed E-state index contributed by atoms with van der Waals surface area (Å²) in [7, 11) is 0. The van der Waals surface area contributed by atoms with Gasteiger partial charge in [-0.3, -0.25) is 4.79 Å². The van der Waals surface area contributed by atoms with Crippen molar-refractivity contribution >= 4 is 28.1 Å². The number of carbonyl (C=O) groups is 1. The summed E-state index contributed by atoms with van der Waals surface area (Å²) in [6.45, 7) is 5.94. The number of anilines is 2. The van der Waals surface area contributed by atoms with Crippen LogP contribution in [-0.2, 0) is 4.79 Å². The van der Waals surface area contributed by atoms with Crippen LogP contribution in [0.2, 0.25) is 0 Å². The zero-order valence-electron chi connectivity index (χ0n) is 11.1. The predicted molar refractivity (Wildman–Crippen MR) is 78.5 cm³/mol. The summed E-state index contributed by atoms with van der Waals surface area (Å²) in [5.74, 6) is -0.0466. The predicted octanol–water partition coefficient (Wildman–Crippen LogP) is 3.06. The SMILES string of the molecule is Cc1cc(-c2nc(N)sc2C)cc2c1NC(=O)C2C. The van der Waals surface area contributed by atoms with Crippen LogP contribution in [0.25, 0.3) is 11.3 Å². The molecule has 1 aliphatic rings. The topological polar surface area (TPSA) is 68.0 Å². The number of nitrogens with one attached hydrogen (secondary N) is 1. The van der Waals surface area contributed by atoms with E-state index >= 15 is 0 Å². The van der Waals surface area contributed by atoms with Crippen LogP contribution in [0.3, 0.4) is 0 Å².